The first kappa shape index (κ1) is 23.0. The van der Waals surface area contributed by atoms with E-state index in [1.165, 1.54) is 35.3 Å². The van der Waals surface area contributed by atoms with Crippen LogP contribution in [0.1, 0.15) is 31.6 Å². The van der Waals surface area contributed by atoms with Crippen molar-refractivity contribution in [2.24, 2.45) is 0 Å². The summed E-state index contributed by atoms with van der Waals surface area (Å²) in [5.74, 6) is -0.653. The fraction of sp³-hybridized carbons (Fsp3) is 0.167. The van der Waals surface area contributed by atoms with Gasteiger partial charge in [-0.05, 0) is 36.8 Å². The van der Waals surface area contributed by atoms with E-state index in [4.69, 9.17) is 5.41 Å². The number of alkyl halides is 2. The van der Waals surface area contributed by atoms with Crippen LogP contribution >= 0.6 is 0 Å². The second-order valence-corrected chi connectivity index (χ2v) is 7.71. The van der Waals surface area contributed by atoms with Crippen LogP contribution in [-0.4, -0.2) is 25.3 Å². The molecular weight excluding hydrogens is 445 g/mol. The smallest absolute Gasteiger partial charge is 0.333 e. The van der Waals surface area contributed by atoms with Gasteiger partial charge >= 0.3 is 6.55 Å². The van der Waals surface area contributed by atoms with Crippen molar-refractivity contribution in [3.63, 3.8) is 0 Å². The molecule has 4 aromatic rings. The van der Waals surface area contributed by atoms with Crippen molar-refractivity contribution in [2.75, 3.05) is 5.32 Å². The molecule has 0 spiro atoms. The lowest BCUT2D eigenvalue weighted by Gasteiger charge is -2.19. The number of nitrogens with one attached hydrogen (secondary N) is 2. The van der Waals surface area contributed by atoms with Crippen LogP contribution < -0.4 is 10.7 Å². The third-order valence-corrected chi connectivity index (χ3v) is 5.12. The number of para-hydroxylation sites is 1. The largest absolute Gasteiger partial charge is 0.376 e. The lowest BCUT2D eigenvalue weighted by atomic mass is 10.1. The second-order valence-electron chi connectivity index (χ2n) is 7.71. The number of benzene rings is 2. The molecule has 0 aliphatic carbocycles. The van der Waals surface area contributed by atoms with E-state index in [0.717, 1.165) is 11.9 Å². The number of hydrogen-bond donors (Lipinski definition) is 2. The van der Waals surface area contributed by atoms with Gasteiger partial charge in [-0.25, -0.2) is 13.8 Å². The zero-order valence-electron chi connectivity index (χ0n) is 18.1. The number of anilines is 1. The summed E-state index contributed by atoms with van der Waals surface area (Å²) in [7, 11) is 0. The molecule has 0 amide bonds. The quantitative estimate of drug-likeness (QED) is 0.349. The monoisotopic (exact) mass is 466 g/mol. The molecule has 1 atom stereocenters. The molecule has 34 heavy (non-hydrogen) atoms. The highest BCUT2D eigenvalue weighted by Gasteiger charge is 2.19. The number of nitrogens with zero attached hydrogens (tertiary/aromatic N) is 4. The van der Waals surface area contributed by atoms with E-state index in [1.807, 2.05) is 30.3 Å². The van der Waals surface area contributed by atoms with Crippen molar-refractivity contribution in [1.29, 1.82) is 5.41 Å². The molecule has 0 bridgehead atoms. The highest BCUT2D eigenvalue weighted by Crippen LogP contribution is 2.25. The maximum atomic E-state index is 15.0. The molecule has 0 saturated heterocycles. The van der Waals surface area contributed by atoms with E-state index in [0.29, 0.717) is 21.5 Å². The van der Waals surface area contributed by atoms with Crippen LogP contribution in [-0.2, 0) is 0 Å². The van der Waals surface area contributed by atoms with Gasteiger partial charge in [0.15, 0.2) is 0 Å². The Kier molecular flexibility index (Phi) is 6.58. The normalized spacial score (nSPS) is 12.0. The summed E-state index contributed by atoms with van der Waals surface area (Å²) in [6, 6.07) is 14.1. The zero-order valence-corrected chi connectivity index (χ0v) is 18.1. The Morgan fingerprint density at radius 1 is 1.12 bits per heavy atom. The van der Waals surface area contributed by atoms with E-state index < -0.39 is 18.4 Å². The third-order valence-electron chi connectivity index (χ3n) is 5.12. The average Bonchev–Trinajstić information content (AvgIpc) is 3.30. The predicted molar refractivity (Wildman–Crippen MR) is 123 cm³/mol. The van der Waals surface area contributed by atoms with Gasteiger partial charge in [-0.2, -0.15) is 19.0 Å². The minimum atomic E-state index is -2.79. The molecule has 0 saturated carbocycles. The van der Waals surface area contributed by atoms with E-state index in [2.05, 4.69) is 15.5 Å². The molecule has 2 aromatic heterocycles. The van der Waals surface area contributed by atoms with Crippen molar-refractivity contribution < 1.29 is 13.2 Å². The maximum absolute atomic E-state index is 15.0. The van der Waals surface area contributed by atoms with Crippen LogP contribution in [0.2, 0.25) is 0 Å². The molecule has 2 heterocycles. The highest BCUT2D eigenvalue weighted by atomic mass is 19.3. The SMILES string of the molecule is CC(=N)CC(Nc1ccccc1)c1nn(-c2ccc(-c3cnn(C(F)F)c3)cc2F)ccc1=O. The Bertz CT molecular complexity index is 1370. The second kappa shape index (κ2) is 9.74. The van der Waals surface area contributed by atoms with Gasteiger partial charge in [0.1, 0.15) is 17.2 Å². The first-order chi connectivity index (χ1) is 16.3. The molecule has 4 rings (SSSR count). The standard InChI is InChI=1S/C24H21F3N6O/c1-15(28)11-20(30-18-5-3-2-4-6-18)23-22(34)9-10-32(31-23)21-8-7-16(12-19(21)25)17-13-29-33(14-17)24(26)27/h2-10,12-14,20,24,28,30H,11H2,1H3. The van der Waals surface area contributed by atoms with Crippen LogP contribution in [0.15, 0.2) is 78.0 Å². The molecule has 2 N–H and O–H groups in total. The summed E-state index contributed by atoms with van der Waals surface area (Å²) in [6.45, 7) is -1.15. The minimum Gasteiger partial charge on any atom is -0.376 e. The van der Waals surface area contributed by atoms with Gasteiger partial charge in [0.25, 0.3) is 0 Å². The van der Waals surface area contributed by atoms with E-state index in [9.17, 15) is 13.6 Å². The van der Waals surface area contributed by atoms with Crippen molar-refractivity contribution >= 4 is 11.4 Å². The fourth-order valence-electron chi connectivity index (χ4n) is 3.52. The topological polar surface area (TPSA) is 88.6 Å². The predicted octanol–water partition coefficient (Wildman–Crippen LogP) is 5.21. The Morgan fingerprint density at radius 3 is 2.53 bits per heavy atom. The Labute approximate surface area is 193 Å². The van der Waals surface area contributed by atoms with Gasteiger partial charge in [0.2, 0.25) is 5.43 Å². The lowest BCUT2D eigenvalue weighted by Crippen LogP contribution is -2.25. The zero-order chi connectivity index (χ0) is 24.2. The first-order valence-electron chi connectivity index (χ1n) is 10.4. The molecular formula is C24H21F3N6O. The minimum absolute atomic E-state index is 0.0799. The van der Waals surface area contributed by atoms with Crippen LogP contribution in [0.5, 0.6) is 0 Å². The molecule has 0 aliphatic rings. The van der Waals surface area contributed by atoms with Crippen molar-refractivity contribution in [3.8, 4) is 16.8 Å². The average molecular weight is 466 g/mol. The van der Waals surface area contributed by atoms with Gasteiger partial charge in [0, 0.05) is 41.8 Å². The van der Waals surface area contributed by atoms with Crippen LogP contribution in [0.4, 0.5) is 18.9 Å². The molecule has 174 valence electrons. The third kappa shape index (κ3) is 5.06. The highest BCUT2D eigenvalue weighted by molar-refractivity contribution is 5.79. The molecule has 2 aromatic carbocycles. The molecule has 0 radical (unpaired) electrons. The van der Waals surface area contributed by atoms with Gasteiger partial charge in [0.05, 0.1) is 12.2 Å². The van der Waals surface area contributed by atoms with Crippen LogP contribution in [0, 0.1) is 11.2 Å². The van der Waals surface area contributed by atoms with Crippen molar-refractivity contribution in [3.05, 3.63) is 94.9 Å². The summed E-state index contributed by atoms with van der Waals surface area (Å²) in [4.78, 5) is 12.6. The summed E-state index contributed by atoms with van der Waals surface area (Å²) in [5, 5.41) is 19.1. The lowest BCUT2D eigenvalue weighted by molar-refractivity contribution is 0.0566. The van der Waals surface area contributed by atoms with Gasteiger partial charge < -0.3 is 10.7 Å². The Balaban J connectivity index is 1.68. The summed E-state index contributed by atoms with van der Waals surface area (Å²) < 4.78 is 42.3. The molecule has 0 aliphatic heterocycles. The molecule has 10 heteroatoms. The van der Waals surface area contributed by atoms with E-state index in [-0.39, 0.29) is 23.2 Å². The molecule has 7 nitrogen and oxygen atoms in total. The summed E-state index contributed by atoms with van der Waals surface area (Å²) in [6.07, 6.45) is 3.95. The van der Waals surface area contributed by atoms with Gasteiger partial charge in [-0.1, -0.05) is 24.3 Å². The fourth-order valence-corrected chi connectivity index (χ4v) is 3.52. The maximum Gasteiger partial charge on any atom is 0.333 e. The van der Waals surface area contributed by atoms with Crippen molar-refractivity contribution in [2.45, 2.75) is 25.9 Å². The number of aromatic nitrogens is 4. The Hall–Kier alpha value is -4.21. The van der Waals surface area contributed by atoms with Crippen LogP contribution in [0.25, 0.3) is 16.8 Å². The number of halogens is 3. The molecule has 0 fully saturated rings. The summed E-state index contributed by atoms with van der Waals surface area (Å²) in [5.41, 5.74) is 1.69. The van der Waals surface area contributed by atoms with E-state index >= 15 is 4.39 Å². The van der Waals surface area contributed by atoms with Gasteiger partial charge in [-0.3, -0.25) is 4.79 Å². The Morgan fingerprint density at radius 2 is 1.88 bits per heavy atom. The molecule has 1 unspecified atom stereocenters. The number of hydrogen-bond acceptors (Lipinski definition) is 5. The first-order valence-corrected chi connectivity index (χ1v) is 10.4. The van der Waals surface area contributed by atoms with Crippen molar-refractivity contribution in [1.82, 2.24) is 19.6 Å². The number of rotatable bonds is 8. The van der Waals surface area contributed by atoms with E-state index in [1.54, 1.807) is 13.0 Å². The van der Waals surface area contributed by atoms with Gasteiger partial charge in [-0.15, -0.1) is 0 Å². The summed E-state index contributed by atoms with van der Waals surface area (Å²) >= 11 is 0. The van der Waals surface area contributed by atoms with Crippen LogP contribution in [0.3, 0.4) is 0 Å².